The fourth-order valence-electron chi connectivity index (χ4n) is 6.06. The van der Waals surface area contributed by atoms with Crippen LogP contribution in [0.1, 0.15) is 83.4 Å². The highest BCUT2D eigenvalue weighted by molar-refractivity contribution is 7.89. The third-order valence-electron chi connectivity index (χ3n) is 8.46. The van der Waals surface area contributed by atoms with Crippen LogP contribution in [-0.4, -0.2) is 106 Å². The number of aromatic nitrogens is 3. The molecule has 5 rings (SSSR count). The van der Waals surface area contributed by atoms with E-state index in [1.54, 1.807) is 8.99 Å². The summed E-state index contributed by atoms with van der Waals surface area (Å²) in [6.07, 6.45) is 5.40. The number of hydrogen-bond acceptors (Lipinski definition) is 8. The molecule has 0 unspecified atom stereocenters. The lowest BCUT2D eigenvalue weighted by Gasteiger charge is -2.36. The first kappa shape index (κ1) is 28.4. The van der Waals surface area contributed by atoms with E-state index in [2.05, 4.69) is 15.6 Å². The van der Waals surface area contributed by atoms with E-state index in [0.717, 1.165) is 18.5 Å². The Kier molecular flexibility index (Phi) is 8.06. The van der Waals surface area contributed by atoms with Gasteiger partial charge in [0, 0.05) is 57.4 Å². The monoisotopic (exact) mass is 566 g/mol. The number of amides is 2. The van der Waals surface area contributed by atoms with Gasteiger partial charge in [-0.25, -0.2) is 17.4 Å². The highest BCUT2D eigenvalue weighted by Gasteiger charge is 2.46. The Bertz CT molecular complexity index is 1150. The summed E-state index contributed by atoms with van der Waals surface area (Å²) in [5.41, 5.74) is 0.390. The number of carbonyl (C=O) groups is 2. The lowest BCUT2D eigenvalue weighted by molar-refractivity contribution is -0.144. The summed E-state index contributed by atoms with van der Waals surface area (Å²) in [6, 6.07) is -1.66. The summed E-state index contributed by atoms with van der Waals surface area (Å²) < 4.78 is 34.5. The van der Waals surface area contributed by atoms with Crippen molar-refractivity contribution in [2.24, 2.45) is 5.41 Å². The topological polar surface area (TPSA) is 147 Å². The van der Waals surface area contributed by atoms with Gasteiger partial charge in [-0.3, -0.25) is 9.59 Å². The van der Waals surface area contributed by atoms with Crippen LogP contribution >= 0.6 is 0 Å². The first-order valence-corrected chi connectivity index (χ1v) is 15.7. The molecule has 4 heterocycles. The molecule has 1 aromatic heterocycles. The Balaban J connectivity index is 1.22. The standard InChI is InChI=1S/C26H42N6O6S/c1-26(2,3)23(32-16-21(28-29-32)17-4-5-17)25(35)31-15-19(33)14-22(31)24(34)27-18-6-10-30(11-7-18)39(36,37)20-8-12-38-13-9-20/h16-20,22-23,33H,4-15H2,1-3H3,(H,27,34)/t19-,22+,23-/m1/s1. The molecule has 13 heteroatoms. The number of hydrogen-bond donors (Lipinski definition) is 2. The van der Waals surface area contributed by atoms with E-state index in [9.17, 15) is 23.1 Å². The quantitative estimate of drug-likeness (QED) is 0.493. The van der Waals surface area contributed by atoms with Crippen molar-refractivity contribution in [1.29, 1.82) is 0 Å². The van der Waals surface area contributed by atoms with Crippen molar-refractivity contribution >= 4 is 21.8 Å². The van der Waals surface area contributed by atoms with Crippen LogP contribution in [0, 0.1) is 5.41 Å². The van der Waals surface area contributed by atoms with E-state index < -0.39 is 38.9 Å². The van der Waals surface area contributed by atoms with E-state index in [0.29, 0.717) is 57.9 Å². The Morgan fingerprint density at radius 3 is 2.38 bits per heavy atom. The summed E-state index contributed by atoms with van der Waals surface area (Å²) in [6.45, 7) is 7.58. The molecule has 2 N–H and O–H groups in total. The minimum Gasteiger partial charge on any atom is -0.391 e. The molecule has 0 spiro atoms. The van der Waals surface area contributed by atoms with Gasteiger partial charge in [0.15, 0.2) is 0 Å². The molecule has 4 fully saturated rings. The second kappa shape index (κ2) is 11.1. The summed E-state index contributed by atoms with van der Waals surface area (Å²) in [7, 11) is -3.39. The molecule has 0 bridgehead atoms. The molecule has 39 heavy (non-hydrogen) atoms. The van der Waals surface area contributed by atoms with Crippen molar-refractivity contribution in [2.45, 2.75) is 101 Å². The fraction of sp³-hybridized carbons (Fsp3) is 0.846. The lowest BCUT2D eigenvalue weighted by Crippen LogP contribution is -2.54. The second-order valence-electron chi connectivity index (χ2n) is 12.6. The van der Waals surface area contributed by atoms with E-state index in [-0.39, 0.29) is 30.8 Å². The minimum absolute atomic E-state index is 0.0788. The first-order valence-electron chi connectivity index (χ1n) is 14.2. The molecule has 3 saturated heterocycles. The highest BCUT2D eigenvalue weighted by atomic mass is 32.2. The molecule has 3 aliphatic heterocycles. The SMILES string of the molecule is CC(C)(C)[C@@H](C(=O)N1C[C@H](O)C[C@H]1C(=O)NC1CCN(S(=O)(=O)C2CCOCC2)CC1)n1cc(C2CC2)nn1. The van der Waals surface area contributed by atoms with Gasteiger partial charge in [-0.05, 0) is 43.9 Å². The van der Waals surface area contributed by atoms with Crippen molar-refractivity contribution in [2.75, 3.05) is 32.8 Å². The first-order chi connectivity index (χ1) is 18.4. The predicted molar refractivity (Wildman–Crippen MR) is 142 cm³/mol. The maximum Gasteiger partial charge on any atom is 0.248 e. The zero-order valence-corrected chi connectivity index (χ0v) is 24.0. The van der Waals surface area contributed by atoms with Gasteiger partial charge in [0.05, 0.1) is 17.0 Å². The molecule has 0 aromatic carbocycles. The van der Waals surface area contributed by atoms with Crippen LogP contribution in [0.3, 0.4) is 0 Å². The number of aliphatic hydroxyl groups excluding tert-OH is 1. The Morgan fingerprint density at radius 2 is 1.77 bits per heavy atom. The third-order valence-corrected chi connectivity index (χ3v) is 10.9. The van der Waals surface area contributed by atoms with Crippen molar-refractivity contribution < 1.29 is 27.9 Å². The summed E-state index contributed by atoms with van der Waals surface area (Å²) in [5.74, 6) is -0.168. The maximum absolute atomic E-state index is 13.9. The summed E-state index contributed by atoms with van der Waals surface area (Å²) in [4.78, 5) is 28.8. The average Bonchev–Trinajstić information content (AvgIpc) is 3.50. The van der Waals surface area contributed by atoms with E-state index in [4.69, 9.17) is 4.74 Å². The molecule has 1 saturated carbocycles. The minimum atomic E-state index is -3.39. The molecule has 0 radical (unpaired) electrons. The largest absolute Gasteiger partial charge is 0.391 e. The Morgan fingerprint density at radius 1 is 1.10 bits per heavy atom. The van der Waals surface area contributed by atoms with Gasteiger partial charge in [-0.2, -0.15) is 0 Å². The van der Waals surface area contributed by atoms with Crippen LogP contribution in [0.25, 0.3) is 0 Å². The Hall–Kier alpha value is -2.09. The molecule has 4 aliphatic rings. The van der Waals surface area contributed by atoms with E-state index in [1.807, 2.05) is 27.0 Å². The van der Waals surface area contributed by atoms with Crippen molar-refractivity contribution in [3.05, 3.63) is 11.9 Å². The fourth-order valence-corrected chi connectivity index (χ4v) is 7.99. The van der Waals surface area contributed by atoms with Crippen LogP contribution in [0.2, 0.25) is 0 Å². The zero-order valence-electron chi connectivity index (χ0n) is 23.2. The number of β-amino-alcohol motifs (C(OH)–C–C–N with tert-alkyl or cyclic N) is 1. The van der Waals surface area contributed by atoms with Gasteiger partial charge in [0.25, 0.3) is 0 Å². The number of ether oxygens (including phenoxy) is 1. The van der Waals surface area contributed by atoms with Crippen LogP contribution < -0.4 is 5.32 Å². The average molecular weight is 567 g/mol. The molecule has 1 aromatic rings. The molecule has 1 aliphatic carbocycles. The van der Waals surface area contributed by atoms with Gasteiger partial charge in [-0.15, -0.1) is 5.10 Å². The summed E-state index contributed by atoms with van der Waals surface area (Å²) >= 11 is 0. The number of carbonyl (C=O) groups excluding carboxylic acids is 2. The molecule has 3 atom stereocenters. The van der Waals surface area contributed by atoms with Gasteiger partial charge >= 0.3 is 0 Å². The summed E-state index contributed by atoms with van der Waals surface area (Å²) in [5, 5.41) is 21.7. The van der Waals surface area contributed by atoms with Crippen LogP contribution in [0.4, 0.5) is 0 Å². The zero-order chi connectivity index (χ0) is 27.9. The number of sulfonamides is 1. The number of piperidine rings is 1. The smallest absolute Gasteiger partial charge is 0.248 e. The van der Waals surface area contributed by atoms with Crippen LogP contribution in [-0.2, 0) is 24.3 Å². The predicted octanol–water partition coefficient (Wildman–Crippen LogP) is 0.794. The highest BCUT2D eigenvalue weighted by Crippen LogP contribution is 2.40. The normalized spacial score (nSPS) is 27.0. The van der Waals surface area contributed by atoms with Crippen LogP contribution in [0.15, 0.2) is 6.20 Å². The molecular formula is C26H42N6O6S. The van der Waals surface area contributed by atoms with Gasteiger partial charge in [-0.1, -0.05) is 26.0 Å². The molecule has 12 nitrogen and oxygen atoms in total. The third kappa shape index (κ3) is 6.15. The van der Waals surface area contributed by atoms with Gasteiger partial charge < -0.3 is 20.1 Å². The molecule has 2 amide bonds. The van der Waals surface area contributed by atoms with E-state index >= 15 is 0 Å². The van der Waals surface area contributed by atoms with E-state index in [1.165, 1.54) is 4.90 Å². The van der Waals surface area contributed by atoms with Gasteiger partial charge in [0.1, 0.15) is 12.1 Å². The van der Waals surface area contributed by atoms with Gasteiger partial charge in [0.2, 0.25) is 21.8 Å². The second-order valence-corrected chi connectivity index (χ2v) is 14.8. The molecular weight excluding hydrogens is 524 g/mol. The Labute approximate surface area is 230 Å². The number of aliphatic hydroxyl groups is 1. The maximum atomic E-state index is 13.9. The number of likely N-dealkylation sites (tertiary alicyclic amines) is 1. The van der Waals surface area contributed by atoms with Crippen molar-refractivity contribution in [3.63, 3.8) is 0 Å². The number of rotatable bonds is 7. The number of nitrogens with one attached hydrogen (secondary N) is 1. The number of nitrogens with zero attached hydrogens (tertiary/aromatic N) is 5. The molecule has 218 valence electrons. The van der Waals surface area contributed by atoms with Crippen LogP contribution in [0.5, 0.6) is 0 Å². The van der Waals surface area contributed by atoms with Crippen molar-refractivity contribution in [3.8, 4) is 0 Å². The van der Waals surface area contributed by atoms with Crippen molar-refractivity contribution in [1.82, 2.24) is 29.5 Å². The lowest BCUT2D eigenvalue weighted by atomic mass is 9.85.